The molecule has 1 aromatic rings. The standard InChI is InChI=1S/C19H29BN2O3/c1-17(2,23)13-22-12-15(11-21)14-7-9-16(10-8-14)20-24-18(3,4)19(5,6)25-20/h7-12,21-23H,13H2,1-6H3/b15-12+,21-11?. The van der Waals surface area contributed by atoms with Crippen molar-refractivity contribution in [3.05, 3.63) is 36.0 Å². The van der Waals surface area contributed by atoms with Crippen LogP contribution in [0.15, 0.2) is 30.5 Å². The highest BCUT2D eigenvalue weighted by atomic mass is 16.7. The van der Waals surface area contributed by atoms with Crippen LogP contribution < -0.4 is 10.8 Å². The normalized spacial score (nSPS) is 19.8. The molecule has 1 aliphatic heterocycles. The molecule has 6 heteroatoms. The molecule has 1 fully saturated rings. The van der Waals surface area contributed by atoms with Gasteiger partial charge < -0.3 is 25.1 Å². The third kappa shape index (κ3) is 4.72. The lowest BCUT2D eigenvalue weighted by Crippen LogP contribution is -2.41. The van der Waals surface area contributed by atoms with Gasteiger partial charge in [0.2, 0.25) is 0 Å². The predicted octanol–water partition coefficient (Wildman–Crippen LogP) is 2.34. The highest BCUT2D eigenvalue weighted by molar-refractivity contribution is 6.62. The van der Waals surface area contributed by atoms with Crippen molar-refractivity contribution in [3.8, 4) is 0 Å². The van der Waals surface area contributed by atoms with Gasteiger partial charge in [0, 0.05) is 24.5 Å². The van der Waals surface area contributed by atoms with E-state index >= 15 is 0 Å². The SMILES string of the molecule is CC(C)(O)CN/C=C(\C=N)c1ccc(B2OC(C)(C)C(C)(C)O2)cc1. The van der Waals surface area contributed by atoms with Crippen LogP contribution in [0, 0.1) is 5.41 Å². The number of allylic oxidation sites excluding steroid dienone is 1. The molecule has 0 unspecified atom stereocenters. The zero-order valence-electron chi connectivity index (χ0n) is 16.0. The summed E-state index contributed by atoms with van der Waals surface area (Å²) in [5.74, 6) is 0. The van der Waals surface area contributed by atoms with Gasteiger partial charge in [-0.2, -0.15) is 0 Å². The van der Waals surface area contributed by atoms with E-state index in [1.54, 1.807) is 20.0 Å². The Hall–Kier alpha value is -1.63. The first-order chi connectivity index (χ1) is 11.5. The minimum absolute atomic E-state index is 0.364. The summed E-state index contributed by atoms with van der Waals surface area (Å²) in [4.78, 5) is 0. The second-order valence-electron chi connectivity index (χ2n) is 8.15. The van der Waals surface area contributed by atoms with Gasteiger partial charge in [-0.05, 0) is 52.6 Å². The third-order valence-electron chi connectivity index (χ3n) is 4.72. The van der Waals surface area contributed by atoms with E-state index < -0.39 is 5.60 Å². The van der Waals surface area contributed by atoms with Gasteiger partial charge in [-0.3, -0.25) is 0 Å². The maximum Gasteiger partial charge on any atom is 0.494 e. The van der Waals surface area contributed by atoms with E-state index in [2.05, 4.69) is 5.32 Å². The number of nitrogens with one attached hydrogen (secondary N) is 2. The maximum atomic E-state index is 9.74. The van der Waals surface area contributed by atoms with Gasteiger partial charge in [0.25, 0.3) is 0 Å². The number of aliphatic hydroxyl groups is 1. The molecule has 25 heavy (non-hydrogen) atoms. The molecule has 1 saturated heterocycles. The fraction of sp³-hybridized carbons (Fsp3) is 0.526. The van der Waals surface area contributed by atoms with Crippen molar-refractivity contribution in [3.63, 3.8) is 0 Å². The summed E-state index contributed by atoms with van der Waals surface area (Å²) < 4.78 is 12.1. The first kappa shape index (κ1) is 19.7. The highest BCUT2D eigenvalue weighted by Crippen LogP contribution is 2.36. The predicted molar refractivity (Wildman–Crippen MR) is 103 cm³/mol. The molecule has 0 aliphatic carbocycles. The molecule has 1 aliphatic rings. The second-order valence-corrected chi connectivity index (χ2v) is 8.15. The van der Waals surface area contributed by atoms with Gasteiger partial charge in [0.1, 0.15) is 0 Å². The van der Waals surface area contributed by atoms with Crippen molar-refractivity contribution in [2.24, 2.45) is 0 Å². The van der Waals surface area contributed by atoms with Gasteiger partial charge in [-0.25, -0.2) is 0 Å². The Morgan fingerprint density at radius 2 is 1.68 bits per heavy atom. The van der Waals surface area contributed by atoms with Crippen molar-refractivity contribution >= 4 is 24.4 Å². The minimum Gasteiger partial charge on any atom is -0.399 e. The molecule has 0 atom stereocenters. The average molecular weight is 344 g/mol. The first-order valence-electron chi connectivity index (χ1n) is 8.58. The van der Waals surface area contributed by atoms with E-state index in [0.717, 1.165) is 16.6 Å². The molecule has 0 spiro atoms. The zero-order chi connectivity index (χ0) is 18.9. The summed E-state index contributed by atoms with van der Waals surface area (Å²) in [6.07, 6.45) is 3.04. The molecule has 0 bridgehead atoms. The largest absolute Gasteiger partial charge is 0.494 e. The Labute approximate surface area is 151 Å². The van der Waals surface area contributed by atoms with Gasteiger partial charge in [-0.1, -0.05) is 24.3 Å². The zero-order valence-corrected chi connectivity index (χ0v) is 16.0. The lowest BCUT2D eigenvalue weighted by Gasteiger charge is -2.32. The number of rotatable bonds is 6. The Morgan fingerprint density at radius 3 is 2.12 bits per heavy atom. The monoisotopic (exact) mass is 344 g/mol. The summed E-state index contributed by atoms with van der Waals surface area (Å²) in [6.45, 7) is 12.0. The molecular formula is C19H29BN2O3. The summed E-state index contributed by atoms with van der Waals surface area (Å²) in [5, 5.41) is 20.4. The quantitative estimate of drug-likeness (QED) is 0.547. The van der Waals surface area contributed by atoms with E-state index in [1.807, 2.05) is 52.0 Å². The van der Waals surface area contributed by atoms with Crippen LogP contribution >= 0.6 is 0 Å². The Bertz CT molecular complexity index is 630. The smallest absolute Gasteiger partial charge is 0.399 e. The van der Waals surface area contributed by atoms with Gasteiger partial charge in [0.05, 0.1) is 16.8 Å². The molecule has 0 aromatic heterocycles. The lowest BCUT2D eigenvalue weighted by atomic mass is 9.78. The lowest BCUT2D eigenvalue weighted by molar-refractivity contribution is 0.00578. The molecule has 0 radical (unpaired) electrons. The number of hydrogen-bond donors (Lipinski definition) is 3. The van der Waals surface area contributed by atoms with Crippen LogP contribution in [0.5, 0.6) is 0 Å². The van der Waals surface area contributed by atoms with Crippen LogP contribution in [0.4, 0.5) is 0 Å². The van der Waals surface area contributed by atoms with Gasteiger partial charge in [-0.15, -0.1) is 0 Å². The van der Waals surface area contributed by atoms with Crippen LogP contribution in [-0.4, -0.2) is 41.8 Å². The molecule has 0 amide bonds. The number of hydrogen-bond acceptors (Lipinski definition) is 5. The van der Waals surface area contributed by atoms with E-state index in [1.165, 1.54) is 6.21 Å². The Kier molecular flexibility index (Phi) is 5.47. The minimum atomic E-state index is -0.801. The van der Waals surface area contributed by atoms with E-state index in [0.29, 0.717) is 6.54 Å². The van der Waals surface area contributed by atoms with Crippen molar-refractivity contribution < 1.29 is 14.4 Å². The fourth-order valence-corrected chi connectivity index (χ4v) is 2.43. The molecule has 2 rings (SSSR count). The van der Waals surface area contributed by atoms with Crippen LogP contribution in [0.1, 0.15) is 47.1 Å². The van der Waals surface area contributed by atoms with Crippen LogP contribution in [-0.2, 0) is 9.31 Å². The average Bonchev–Trinajstić information content (AvgIpc) is 2.71. The summed E-state index contributed by atoms with van der Waals surface area (Å²) >= 11 is 0. The summed E-state index contributed by atoms with van der Waals surface area (Å²) in [6, 6.07) is 7.82. The van der Waals surface area contributed by atoms with Crippen LogP contribution in [0.2, 0.25) is 0 Å². The Morgan fingerprint density at radius 1 is 1.16 bits per heavy atom. The molecule has 5 nitrogen and oxygen atoms in total. The Balaban J connectivity index is 2.11. The maximum absolute atomic E-state index is 9.74. The fourth-order valence-electron chi connectivity index (χ4n) is 2.43. The van der Waals surface area contributed by atoms with Crippen LogP contribution in [0.25, 0.3) is 5.57 Å². The van der Waals surface area contributed by atoms with E-state index in [-0.39, 0.29) is 18.3 Å². The molecule has 136 valence electrons. The van der Waals surface area contributed by atoms with Gasteiger partial charge >= 0.3 is 7.12 Å². The molecule has 3 N–H and O–H groups in total. The van der Waals surface area contributed by atoms with Crippen molar-refractivity contribution in [2.45, 2.75) is 58.3 Å². The van der Waals surface area contributed by atoms with Crippen molar-refractivity contribution in [1.82, 2.24) is 5.32 Å². The van der Waals surface area contributed by atoms with Crippen molar-refractivity contribution in [1.29, 1.82) is 5.41 Å². The number of benzene rings is 1. The topological polar surface area (TPSA) is 74.6 Å². The van der Waals surface area contributed by atoms with Gasteiger partial charge in [0.15, 0.2) is 0 Å². The second kappa shape index (κ2) is 6.94. The molecule has 1 aromatic carbocycles. The van der Waals surface area contributed by atoms with Crippen molar-refractivity contribution in [2.75, 3.05) is 6.54 Å². The van der Waals surface area contributed by atoms with E-state index in [4.69, 9.17) is 14.7 Å². The molecule has 1 heterocycles. The first-order valence-corrected chi connectivity index (χ1v) is 8.58. The molecule has 0 saturated carbocycles. The summed E-state index contributed by atoms with van der Waals surface area (Å²) in [7, 11) is -0.389. The van der Waals surface area contributed by atoms with Crippen LogP contribution in [0.3, 0.4) is 0 Å². The third-order valence-corrected chi connectivity index (χ3v) is 4.72. The van der Waals surface area contributed by atoms with E-state index in [9.17, 15) is 5.11 Å². The molecular weight excluding hydrogens is 315 g/mol. The highest BCUT2D eigenvalue weighted by Gasteiger charge is 2.51. The summed E-state index contributed by atoms with van der Waals surface area (Å²) in [5.41, 5.74) is 1.08.